The first-order chi connectivity index (χ1) is 28.5. The SMILES string of the molecule is CCCCCCCCCCCCOc1c(C(C)CC)cc(C(C)CC)cc1C(SCCC(F)(F)C(F)(F)C(F)(F)C(F)(F)C(F)(F)C(F)(F)C(F)(F)C(F)(F)F)c1ccccc1. The molecule has 62 heavy (non-hydrogen) atoms. The molecule has 2 aromatic carbocycles. The molecule has 0 aliphatic heterocycles. The van der Waals surface area contributed by atoms with Crippen molar-refractivity contribution in [3.05, 3.63) is 64.7 Å². The molecule has 0 aromatic heterocycles. The largest absolute Gasteiger partial charge is 0.493 e. The van der Waals surface area contributed by atoms with Crippen LogP contribution in [0.5, 0.6) is 5.75 Å². The summed E-state index contributed by atoms with van der Waals surface area (Å²) in [7, 11) is 0. The van der Waals surface area contributed by atoms with Crippen LogP contribution in [0.2, 0.25) is 0 Å². The minimum absolute atomic E-state index is 0.0949. The van der Waals surface area contributed by atoms with E-state index in [0.717, 1.165) is 50.5 Å². The molecule has 0 aliphatic rings. The minimum atomic E-state index is -8.66. The fourth-order valence-electron chi connectivity index (χ4n) is 6.58. The van der Waals surface area contributed by atoms with E-state index in [1.165, 1.54) is 37.1 Å². The first-order valence-corrected chi connectivity index (χ1v) is 21.7. The highest BCUT2D eigenvalue weighted by atomic mass is 32.2. The van der Waals surface area contributed by atoms with Crippen LogP contribution in [0.3, 0.4) is 0 Å². The van der Waals surface area contributed by atoms with Gasteiger partial charge in [0.2, 0.25) is 0 Å². The molecule has 0 spiro atoms. The van der Waals surface area contributed by atoms with Gasteiger partial charge in [-0.1, -0.05) is 135 Å². The molecule has 0 heterocycles. The average molecular weight is 943 g/mol. The van der Waals surface area contributed by atoms with Crippen molar-refractivity contribution < 1.29 is 79.4 Å². The van der Waals surface area contributed by atoms with E-state index in [0.29, 0.717) is 53.5 Å². The molecular weight excluding hydrogens is 888 g/mol. The van der Waals surface area contributed by atoms with Crippen LogP contribution >= 0.6 is 11.8 Å². The number of hydrogen-bond acceptors (Lipinski definition) is 2. The number of thioether (sulfide) groups is 1. The zero-order valence-electron chi connectivity index (χ0n) is 35.1. The first-order valence-electron chi connectivity index (χ1n) is 20.6. The fraction of sp³-hybridized carbons (Fsp3) is 0.721. The molecule has 358 valence electrons. The van der Waals surface area contributed by atoms with Gasteiger partial charge in [-0.05, 0) is 47.8 Å². The zero-order valence-corrected chi connectivity index (χ0v) is 35.9. The van der Waals surface area contributed by atoms with E-state index >= 15 is 8.78 Å². The Balaban J connectivity index is 2.55. The monoisotopic (exact) mass is 942 g/mol. The highest BCUT2D eigenvalue weighted by Crippen LogP contribution is 2.64. The second kappa shape index (κ2) is 22.1. The van der Waals surface area contributed by atoms with Crippen molar-refractivity contribution in [3.8, 4) is 5.75 Å². The fourth-order valence-corrected chi connectivity index (χ4v) is 7.90. The van der Waals surface area contributed by atoms with Gasteiger partial charge in [0, 0.05) is 17.7 Å². The normalized spacial score (nSPS) is 15.5. The zero-order chi connectivity index (χ0) is 47.6. The third-order valence-electron chi connectivity index (χ3n) is 11.1. The molecule has 1 nitrogen and oxygen atoms in total. The van der Waals surface area contributed by atoms with Crippen LogP contribution in [-0.2, 0) is 0 Å². The van der Waals surface area contributed by atoms with E-state index in [4.69, 9.17) is 4.74 Å². The highest BCUT2D eigenvalue weighted by Gasteiger charge is 2.95. The Morgan fingerprint density at radius 2 is 0.935 bits per heavy atom. The summed E-state index contributed by atoms with van der Waals surface area (Å²) in [6.07, 6.45) is 1.15. The molecule has 0 fully saturated rings. The van der Waals surface area contributed by atoms with Crippen LogP contribution in [0, 0.1) is 0 Å². The molecular formula is C43H55F17OS. The van der Waals surface area contributed by atoms with Crippen LogP contribution in [0.25, 0.3) is 0 Å². The quantitative estimate of drug-likeness (QED) is 0.0621. The molecule has 2 rings (SSSR count). The molecule has 0 saturated heterocycles. The lowest BCUT2D eigenvalue weighted by Gasteiger charge is -2.42. The van der Waals surface area contributed by atoms with Gasteiger partial charge in [0.1, 0.15) is 5.75 Å². The Morgan fingerprint density at radius 3 is 1.40 bits per heavy atom. The van der Waals surface area contributed by atoms with E-state index in [1.807, 2.05) is 33.8 Å². The van der Waals surface area contributed by atoms with E-state index in [9.17, 15) is 65.9 Å². The van der Waals surface area contributed by atoms with Crippen molar-refractivity contribution in [2.45, 2.75) is 183 Å². The maximum absolute atomic E-state index is 15.1. The van der Waals surface area contributed by atoms with Crippen molar-refractivity contribution in [1.29, 1.82) is 0 Å². The summed E-state index contributed by atoms with van der Waals surface area (Å²) in [5, 5.41) is -1.12. The van der Waals surface area contributed by atoms with Crippen molar-refractivity contribution >= 4 is 11.8 Å². The Kier molecular flexibility index (Phi) is 19.8. The average Bonchev–Trinajstić information content (AvgIpc) is 3.20. The van der Waals surface area contributed by atoms with Gasteiger partial charge in [0.25, 0.3) is 0 Å². The standard InChI is InChI=1S/C43H55F17OS/c1-6-9-10-11-12-13-14-15-16-20-24-61-34-32(29(5)8-3)26-31(28(4)7-2)27-33(34)35(30-21-18-17-19-22-30)62-25-23-36(44,45)37(46,47)38(48,49)39(50,51)40(52,53)41(54,55)42(56,57)43(58,59)60/h17-19,21-22,26-29,35H,6-16,20,23-25H2,1-5H3. The van der Waals surface area contributed by atoms with Gasteiger partial charge in [-0.2, -0.15) is 74.6 Å². The summed E-state index contributed by atoms with van der Waals surface area (Å²) in [4.78, 5) is 0. The molecule has 0 bridgehead atoms. The topological polar surface area (TPSA) is 9.23 Å². The minimum Gasteiger partial charge on any atom is -0.493 e. The molecule has 0 amide bonds. The molecule has 3 unspecified atom stereocenters. The summed E-state index contributed by atoms with van der Waals surface area (Å²) in [5.41, 5.74) is 2.16. The molecule has 0 aliphatic carbocycles. The van der Waals surface area contributed by atoms with Crippen molar-refractivity contribution in [1.82, 2.24) is 0 Å². The predicted octanol–water partition coefficient (Wildman–Crippen LogP) is 17.2. The number of benzene rings is 2. The smallest absolute Gasteiger partial charge is 0.460 e. The summed E-state index contributed by atoms with van der Waals surface area (Å²) in [6, 6.07) is 11.3. The Labute approximate surface area is 356 Å². The number of hydrogen-bond donors (Lipinski definition) is 0. The van der Waals surface area contributed by atoms with Crippen molar-refractivity contribution in [2.75, 3.05) is 12.4 Å². The number of ether oxygens (including phenoxy) is 1. The Morgan fingerprint density at radius 1 is 0.500 bits per heavy atom. The molecule has 2 aromatic rings. The number of halogens is 17. The van der Waals surface area contributed by atoms with Gasteiger partial charge in [-0.3, -0.25) is 0 Å². The number of unbranched alkanes of at least 4 members (excludes halogenated alkanes) is 9. The maximum atomic E-state index is 15.1. The third-order valence-corrected chi connectivity index (χ3v) is 12.4. The van der Waals surface area contributed by atoms with Gasteiger partial charge < -0.3 is 4.74 Å². The van der Waals surface area contributed by atoms with E-state index in [2.05, 4.69) is 6.92 Å². The maximum Gasteiger partial charge on any atom is 0.460 e. The van der Waals surface area contributed by atoms with Crippen LogP contribution < -0.4 is 4.74 Å². The predicted molar refractivity (Wildman–Crippen MR) is 207 cm³/mol. The summed E-state index contributed by atoms with van der Waals surface area (Å²) in [6.45, 7) is 9.93. The molecule has 0 saturated carbocycles. The third kappa shape index (κ3) is 11.8. The first kappa shape index (κ1) is 55.5. The van der Waals surface area contributed by atoms with Gasteiger partial charge >= 0.3 is 47.6 Å². The van der Waals surface area contributed by atoms with Crippen molar-refractivity contribution in [3.63, 3.8) is 0 Å². The Hall–Kier alpha value is -2.60. The summed E-state index contributed by atoms with van der Waals surface area (Å²) < 4.78 is 244. The number of rotatable bonds is 28. The van der Waals surface area contributed by atoms with Crippen molar-refractivity contribution in [2.24, 2.45) is 0 Å². The Bertz CT molecular complexity index is 1650. The highest BCUT2D eigenvalue weighted by molar-refractivity contribution is 7.99. The second-order valence-corrected chi connectivity index (χ2v) is 17.0. The van der Waals surface area contributed by atoms with Gasteiger partial charge in [-0.25, -0.2) is 0 Å². The van der Waals surface area contributed by atoms with Crippen LogP contribution in [0.4, 0.5) is 74.6 Å². The van der Waals surface area contributed by atoms with Gasteiger partial charge in [0.05, 0.1) is 11.9 Å². The summed E-state index contributed by atoms with van der Waals surface area (Å²) in [5.74, 6) is -57.8. The van der Waals surface area contributed by atoms with Crippen LogP contribution in [0.1, 0.15) is 157 Å². The van der Waals surface area contributed by atoms with E-state index < -0.39 is 65.1 Å². The molecule has 3 atom stereocenters. The second-order valence-electron chi connectivity index (χ2n) is 15.7. The lowest BCUT2D eigenvalue weighted by atomic mass is 9.87. The van der Waals surface area contributed by atoms with E-state index in [-0.39, 0.29) is 18.4 Å². The molecule has 0 N–H and O–H groups in total. The molecule has 0 radical (unpaired) electrons. The van der Waals surface area contributed by atoms with Crippen LogP contribution in [0.15, 0.2) is 42.5 Å². The lowest BCUT2D eigenvalue weighted by Crippen LogP contribution is -2.74. The van der Waals surface area contributed by atoms with Gasteiger partial charge in [0.15, 0.2) is 0 Å². The van der Waals surface area contributed by atoms with Crippen LogP contribution in [-0.4, -0.2) is 60.0 Å². The number of alkyl halides is 17. The lowest BCUT2D eigenvalue weighted by molar-refractivity contribution is -0.461. The summed E-state index contributed by atoms with van der Waals surface area (Å²) >= 11 is 0.417. The van der Waals surface area contributed by atoms with Gasteiger partial charge in [-0.15, -0.1) is 11.8 Å². The van der Waals surface area contributed by atoms with E-state index in [1.54, 1.807) is 12.1 Å². The molecule has 19 heteroatoms.